The van der Waals surface area contributed by atoms with E-state index in [9.17, 15) is 24.6 Å². The molecule has 1 aliphatic carbocycles. The van der Waals surface area contributed by atoms with Gasteiger partial charge in [-0.1, -0.05) is 11.6 Å². The first-order chi connectivity index (χ1) is 16.8. The van der Waals surface area contributed by atoms with Gasteiger partial charge in [-0.05, 0) is 60.6 Å². The Bertz CT molecular complexity index is 1450. The SMILES string of the molecule is CC(O)c1cc2n(c(=O)c1COC=O)Cc1c-2nc2cc(Cl)c3c(c2c1CNC(=O)CO)CCC3. The lowest BCUT2D eigenvalue weighted by molar-refractivity contribution is -0.130. The summed E-state index contributed by atoms with van der Waals surface area (Å²) < 4.78 is 6.40. The molecule has 0 bridgehead atoms. The van der Waals surface area contributed by atoms with Crippen molar-refractivity contribution >= 4 is 34.9 Å². The lowest BCUT2D eigenvalue weighted by atomic mass is 9.94. The predicted octanol–water partition coefficient (Wildman–Crippen LogP) is 1.90. The van der Waals surface area contributed by atoms with Gasteiger partial charge in [0.05, 0.1) is 35.1 Å². The van der Waals surface area contributed by atoms with E-state index >= 15 is 0 Å². The van der Waals surface area contributed by atoms with Crippen LogP contribution >= 0.6 is 11.6 Å². The van der Waals surface area contributed by atoms with Gasteiger partial charge in [0.1, 0.15) is 13.2 Å². The number of carbonyl (C=O) groups is 2. The van der Waals surface area contributed by atoms with Crippen LogP contribution in [0, 0.1) is 0 Å². The van der Waals surface area contributed by atoms with Gasteiger partial charge < -0.3 is 24.8 Å². The highest BCUT2D eigenvalue weighted by atomic mass is 35.5. The van der Waals surface area contributed by atoms with E-state index in [1.54, 1.807) is 17.6 Å². The first-order valence-electron chi connectivity index (χ1n) is 11.4. The maximum Gasteiger partial charge on any atom is 0.293 e. The molecule has 3 N–H and O–H groups in total. The minimum atomic E-state index is -0.968. The van der Waals surface area contributed by atoms with Gasteiger partial charge in [0.2, 0.25) is 5.91 Å². The van der Waals surface area contributed by atoms with Crippen LogP contribution in [-0.2, 0) is 46.9 Å². The topological polar surface area (TPSA) is 131 Å². The Morgan fingerprint density at radius 2 is 2.06 bits per heavy atom. The summed E-state index contributed by atoms with van der Waals surface area (Å²) in [6, 6.07) is 3.52. The lowest BCUT2D eigenvalue weighted by Crippen LogP contribution is -2.27. The summed E-state index contributed by atoms with van der Waals surface area (Å²) in [5, 5.41) is 23.9. The monoisotopic (exact) mass is 497 g/mol. The minimum Gasteiger partial charge on any atom is -0.463 e. The molecule has 10 heteroatoms. The molecule has 0 radical (unpaired) electrons. The van der Waals surface area contributed by atoms with Gasteiger partial charge in [-0.25, -0.2) is 4.98 Å². The van der Waals surface area contributed by atoms with E-state index in [1.165, 1.54) is 0 Å². The number of rotatable bonds is 7. The van der Waals surface area contributed by atoms with Gasteiger partial charge in [-0.15, -0.1) is 0 Å². The molecule has 1 unspecified atom stereocenters. The molecule has 0 spiro atoms. The summed E-state index contributed by atoms with van der Waals surface area (Å²) >= 11 is 6.59. The molecule has 3 heterocycles. The number of aliphatic hydroxyl groups excluding tert-OH is 2. The van der Waals surface area contributed by atoms with Crippen molar-refractivity contribution < 1.29 is 24.5 Å². The summed E-state index contributed by atoms with van der Waals surface area (Å²) in [4.78, 5) is 41.0. The molecule has 2 aromatic heterocycles. The molecule has 0 saturated heterocycles. The van der Waals surface area contributed by atoms with Crippen molar-refractivity contribution in [3.63, 3.8) is 0 Å². The molecular weight excluding hydrogens is 474 g/mol. The first-order valence-corrected chi connectivity index (χ1v) is 11.8. The smallest absolute Gasteiger partial charge is 0.293 e. The molecule has 182 valence electrons. The first kappa shape index (κ1) is 23.5. The number of halogens is 1. The van der Waals surface area contributed by atoms with Gasteiger partial charge >= 0.3 is 0 Å². The minimum absolute atomic E-state index is 0.155. The highest BCUT2D eigenvalue weighted by Crippen LogP contribution is 2.42. The van der Waals surface area contributed by atoms with E-state index in [-0.39, 0.29) is 37.3 Å². The van der Waals surface area contributed by atoms with Crippen molar-refractivity contribution in [1.29, 1.82) is 0 Å². The van der Waals surface area contributed by atoms with E-state index < -0.39 is 18.6 Å². The van der Waals surface area contributed by atoms with Gasteiger partial charge in [-0.2, -0.15) is 0 Å². The third kappa shape index (κ3) is 3.80. The lowest BCUT2D eigenvalue weighted by Gasteiger charge is -2.17. The van der Waals surface area contributed by atoms with Crippen molar-refractivity contribution in [2.75, 3.05) is 6.61 Å². The van der Waals surface area contributed by atoms with Gasteiger partial charge in [0.25, 0.3) is 12.0 Å². The summed E-state index contributed by atoms with van der Waals surface area (Å²) in [5.74, 6) is -0.508. The van der Waals surface area contributed by atoms with Crippen molar-refractivity contribution in [3.05, 3.63) is 60.9 Å². The number of aliphatic hydroxyl groups is 2. The van der Waals surface area contributed by atoms with Crippen LogP contribution in [0.15, 0.2) is 16.9 Å². The van der Waals surface area contributed by atoms with E-state index in [4.69, 9.17) is 21.3 Å². The van der Waals surface area contributed by atoms with E-state index in [1.807, 2.05) is 6.07 Å². The number of nitrogens with one attached hydrogen (secondary N) is 1. The summed E-state index contributed by atoms with van der Waals surface area (Å²) in [6.07, 6.45) is 1.69. The second-order valence-electron chi connectivity index (χ2n) is 8.85. The Hall–Kier alpha value is -3.27. The zero-order valence-corrected chi connectivity index (χ0v) is 19.8. The number of pyridine rings is 2. The van der Waals surface area contributed by atoms with Crippen LogP contribution in [0.1, 0.15) is 52.8 Å². The summed E-state index contributed by atoms with van der Waals surface area (Å²) in [5.41, 5.74) is 5.74. The largest absolute Gasteiger partial charge is 0.463 e. The van der Waals surface area contributed by atoms with E-state index in [0.29, 0.717) is 27.5 Å². The van der Waals surface area contributed by atoms with Crippen molar-refractivity contribution in [2.24, 2.45) is 0 Å². The molecule has 1 atom stereocenters. The fraction of sp³-hybridized carbons (Fsp3) is 0.360. The fourth-order valence-corrected chi connectivity index (χ4v) is 5.61. The van der Waals surface area contributed by atoms with Gasteiger partial charge in [0, 0.05) is 22.5 Å². The van der Waals surface area contributed by atoms with Crippen molar-refractivity contribution in [1.82, 2.24) is 14.9 Å². The number of ether oxygens (including phenoxy) is 1. The average Bonchev–Trinajstić information content (AvgIpc) is 3.47. The van der Waals surface area contributed by atoms with Crippen LogP contribution in [0.3, 0.4) is 0 Å². The zero-order chi connectivity index (χ0) is 24.9. The molecule has 0 fully saturated rings. The van der Waals surface area contributed by atoms with Gasteiger partial charge in [-0.3, -0.25) is 14.4 Å². The summed E-state index contributed by atoms with van der Waals surface area (Å²) in [6.45, 7) is 1.28. The van der Waals surface area contributed by atoms with Crippen LogP contribution in [0.25, 0.3) is 22.3 Å². The van der Waals surface area contributed by atoms with Crippen LogP contribution in [0.4, 0.5) is 0 Å². The Kier molecular flexibility index (Phi) is 6.08. The number of carbonyl (C=O) groups excluding carboxylic acids is 2. The number of fused-ring (bicyclic) bond motifs is 6. The third-order valence-electron chi connectivity index (χ3n) is 6.86. The third-order valence-corrected chi connectivity index (χ3v) is 7.19. The van der Waals surface area contributed by atoms with Crippen LogP contribution in [0.5, 0.6) is 0 Å². The van der Waals surface area contributed by atoms with Crippen LogP contribution < -0.4 is 10.9 Å². The number of aromatic nitrogens is 2. The quantitative estimate of drug-likeness (QED) is 0.332. The maximum absolute atomic E-state index is 13.4. The van der Waals surface area contributed by atoms with Gasteiger partial charge in [0.15, 0.2) is 0 Å². The molecule has 2 aliphatic rings. The highest BCUT2D eigenvalue weighted by molar-refractivity contribution is 6.32. The van der Waals surface area contributed by atoms with Crippen LogP contribution in [0.2, 0.25) is 5.02 Å². The van der Waals surface area contributed by atoms with Crippen molar-refractivity contribution in [3.8, 4) is 11.4 Å². The van der Waals surface area contributed by atoms with E-state index in [2.05, 4.69) is 5.32 Å². The fourth-order valence-electron chi connectivity index (χ4n) is 5.30. The standard InChI is InChI=1S/C25H24ClN3O6/c1-12(32)15-5-21-24-17(8-29(21)25(34)18(15)10-35-11-31)16(7-27-22(33)9-30)23-14-4-2-3-13(14)19(26)6-20(23)28-24/h5-6,11-12,30,32H,2-4,7-10H2,1H3,(H,27,33). The molecule has 1 aromatic carbocycles. The Morgan fingerprint density at radius 3 is 2.77 bits per heavy atom. The maximum atomic E-state index is 13.4. The Morgan fingerprint density at radius 1 is 1.29 bits per heavy atom. The van der Waals surface area contributed by atoms with Crippen molar-refractivity contribution in [2.45, 2.75) is 52.0 Å². The molecular formula is C25H24ClN3O6. The second kappa shape index (κ2) is 9.07. The van der Waals surface area contributed by atoms with E-state index in [0.717, 1.165) is 46.9 Å². The number of benzene rings is 1. The molecule has 1 aliphatic heterocycles. The molecule has 1 amide bonds. The Labute approximate surface area is 205 Å². The molecule has 35 heavy (non-hydrogen) atoms. The zero-order valence-electron chi connectivity index (χ0n) is 19.1. The molecule has 0 saturated carbocycles. The number of nitrogens with zero attached hydrogens (tertiary/aromatic N) is 2. The number of aryl methyl sites for hydroxylation is 1. The second-order valence-corrected chi connectivity index (χ2v) is 9.26. The molecule has 3 aromatic rings. The van der Waals surface area contributed by atoms with Crippen LogP contribution in [-0.4, -0.2) is 38.8 Å². The Balaban J connectivity index is 1.78. The number of hydrogen-bond acceptors (Lipinski definition) is 7. The number of amides is 1. The summed E-state index contributed by atoms with van der Waals surface area (Å²) in [7, 11) is 0. The molecule has 9 nitrogen and oxygen atoms in total. The normalized spacial score (nSPS) is 14.4. The average molecular weight is 498 g/mol. The highest BCUT2D eigenvalue weighted by Gasteiger charge is 2.31. The number of hydrogen-bond donors (Lipinski definition) is 3. The molecule has 5 rings (SSSR count). The predicted molar refractivity (Wildman–Crippen MR) is 128 cm³/mol.